The lowest BCUT2D eigenvalue weighted by molar-refractivity contribution is 0.102. The van der Waals surface area contributed by atoms with Crippen molar-refractivity contribution >= 4 is 39.6 Å². The van der Waals surface area contributed by atoms with Gasteiger partial charge in [-0.05, 0) is 72.6 Å². The second-order valence-corrected chi connectivity index (χ2v) is 11.2. The van der Waals surface area contributed by atoms with E-state index in [9.17, 15) is 4.79 Å². The van der Waals surface area contributed by atoms with E-state index < -0.39 is 0 Å². The summed E-state index contributed by atoms with van der Waals surface area (Å²) in [6, 6.07) is 22.4. The molecule has 1 saturated heterocycles. The molecule has 0 atom stereocenters. The second kappa shape index (κ2) is 13.0. The zero-order valence-corrected chi connectivity index (χ0v) is 25.4. The van der Waals surface area contributed by atoms with E-state index in [1.165, 1.54) is 5.69 Å². The van der Waals surface area contributed by atoms with Gasteiger partial charge >= 0.3 is 0 Å². The van der Waals surface area contributed by atoms with Crippen molar-refractivity contribution in [2.24, 2.45) is 0 Å². The molecule has 9 nitrogen and oxygen atoms in total. The molecule has 7 rings (SSSR count). The van der Waals surface area contributed by atoms with E-state index in [0.29, 0.717) is 31.8 Å². The Labute approximate surface area is 262 Å². The summed E-state index contributed by atoms with van der Waals surface area (Å²) in [7, 11) is 0. The van der Waals surface area contributed by atoms with Gasteiger partial charge in [0.15, 0.2) is 0 Å². The number of nitrogens with zero attached hydrogens (tertiary/aromatic N) is 3. The Balaban J connectivity index is 1.05. The molecule has 0 bridgehead atoms. The van der Waals surface area contributed by atoms with E-state index in [2.05, 4.69) is 55.5 Å². The first-order valence-electron chi connectivity index (χ1n) is 15.6. The largest absolute Gasteiger partial charge is 0.493 e. The molecule has 2 aliphatic rings. The first-order valence-corrected chi connectivity index (χ1v) is 15.6. The third-order valence-electron chi connectivity index (χ3n) is 8.41. The smallest absolute Gasteiger partial charge is 0.257 e. The molecule has 1 fully saturated rings. The van der Waals surface area contributed by atoms with Gasteiger partial charge in [-0.15, -0.1) is 0 Å². The van der Waals surface area contributed by atoms with Crippen LogP contribution in [0.1, 0.15) is 22.8 Å². The van der Waals surface area contributed by atoms with Gasteiger partial charge in [0.2, 0.25) is 0 Å². The number of ether oxygens (including phenoxy) is 3. The Hall–Kier alpha value is -4.86. The number of amides is 1. The van der Waals surface area contributed by atoms with Crippen LogP contribution in [0.4, 0.5) is 22.7 Å². The molecule has 2 N–H and O–H groups in total. The third kappa shape index (κ3) is 6.22. The number of morpholine rings is 1. The standard InChI is InChI=1S/C36H37N5O4/c1-2-43-18-16-41-24-31(29-11-13-37-23-35(29)41)26-4-9-30-33(22-26)38-32-10-3-25(21-34(32)39-36(30)42)12-17-45-28-7-5-27(6-8-28)40-14-19-44-20-15-40/h3-11,13,21-24,38H,2,12,14-20H2,1H3,(H,39,42). The summed E-state index contributed by atoms with van der Waals surface area (Å²) in [5.74, 6) is 0.705. The van der Waals surface area contributed by atoms with Crippen LogP contribution >= 0.6 is 0 Å². The molecule has 9 heteroatoms. The lowest BCUT2D eigenvalue weighted by Gasteiger charge is -2.28. The van der Waals surface area contributed by atoms with Gasteiger partial charge in [-0.2, -0.15) is 0 Å². The highest BCUT2D eigenvalue weighted by molar-refractivity contribution is 6.13. The first-order chi connectivity index (χ1) is 22.2. The Morgan fingerprint density at radius 1 is 0.889 bits per heavy atom. The Morgan fingerprint density at radius 2 is 1.76 bits per heavy atom. The van der Waals surface area contributed by atoms with Crippen molar-refractivity contribution in [2.75, 3.05) is 61.7 Å². The summed E-state index contributed by atoms with van der Waals surface area (Å²) in [5.41, 5.74) is 8.41. The van der Waals surface area contributed by atoms with Crippen LogP contribution in [-0.4, -0.2) is 61.6 Å². The minimum Gasteiger partial charge on any atom is -0.493 e. The van der Waals surface area contributed by atoms with Crippen LogP contribution in [-0.2, 0) is 22.4 Å². The summed E-state index contributed by atoms with van der Waals surface area (Å²) in [6.45, 7) is 7.95. The van der Waals surface area contributed by atoms with Crippen molar-refractivity contribution in [1.82, 2.24) is 9.55 Å². The number of carbonyl (C=O) groups is 1. The average Bonchev–Trinajstić information content (AvgIpc) is 3.38. The van der Waals surface area contributed by atoms with Crippen LogP contribution in [0.5, 0.6) is 5.75 Å². The summed E-state index contributed by atoms with van der Waals surface area (Å²) in [4.78, 5) is 20.0. The number of hydrogen-bond acceptors (Lipinski definition) is 7. The van der Waals surface area contributed by atoms with Crippen LogP contribution in [0.3, 0.4) is 0 Å². The molecule has 5 aromatic rings. The number of pyridine rings is 1. The molecule has 3 aromatic carbocycles. The Kier molecular flexibility index (Phi) is 8.35. The molecule has 0 saturated carbocycles. The maximum atomic E-state index is 13.3. The predicted molar refractivity (Wildman–Crippen MR) is 178 cm³/mol. The highest BCUT2D eigenvalue weighted by Crippen LogP contribution is 2.37. The Morgan fingerprint density at radius 3 is 2.60 bits per heavy atom. The third-order valence-corrected chi connectivity index (χ3v) is 8.41. The molecule has 0 aliphatic carbocycles. The molecule has 230 valence electrons. The van der Waals surface area contributed by atoms with Gasteiger partial charge in [0.25, 0.3) is 5.91 Å². The SMILES string of the molecule is CCOCCn1cc(-c2ccc3c(c2)Nc2ccc(CCOc4ccc(N5CCOCC5)cc4)cc2NC3=O)c2ccncc21. The van der Waals surface area contributed by atoms with E-state index in [1.807, 2.05) is 61.8 Å². The van der Waals surface area contributed by atoms with Crippen LogP contribution in [0, 0.1) is 0 Å². The van der Waals surface area contributed by atoms with Crippen LogP contribution in [0.25, 0.3) is 22.0 Å². The number of anilines is 4. The molecule has 4 heterocycles. The van der Waals surface area contributed by atoms with Gasteiger partial charge in [0.05, 0.1) is 60.8 Å². The molecule has 45 heavy (non-hydrogen) atoms. The van der Waals surface area contributed by atoms with E-state index >= 15 is 0 Å². The van der Waals surface area contributed by atoms with Gasteiger partial charge in [-0.1, -0.05) is 12.1 Å². The van der Waals surface area contributed by atoms with Crippen LogP contribution < -0.4 is 20.3 Å². The van der Waals surface area contributed by atoms with E-state index in [4.69, 9.17) is 14.2 Å². The van der Waals surface area contributed by atoms with Gasteiger partial charge in [-0.3, -0.25) is 9.78 Å². The van der Waals surface area contributed by atoms with Gasteiger partial charge in [0.1, 0.15) is 5.75 Å². The number of benzene rings is 3. The zero-order chi connectivity index (χ0) is 30.6. The zero-order valence-electron chi connectivity index (χ0n) is 25.4. The topological polar surface area (TPSA) is 89.9 Å². The number of rotatable bonds is 10. The van der Waals surface area contributed by atoms with Crippen molar-refractivity contribution in [3.05, 3.63) is 96.4 Å². The van der Waals surface area contributed by atoms with E-state index in [1.54, 1.807) is 0 Å². The monoisotopic (exact) mass is 603 g/mol. The average molecular weight is 604 g/mol. The van der Waals surface area contributed by atoms with Crippen molar-refractivity contribution in [3.8, 4) is 16.9 Å². The van der Waals surface area contributed by atoms with Crippen molar-refractivity contribution in [1.29, 1.82) is 0 Å². The molecular weight excluding hydrogens is 566 g/mol. The number of carbonyl (C=O) groups excluding carboxylic acids is 1. The number of fused-ring (bicyclic) bond motifs is 3. The fraction of sp³-hybridized carbons (Fsp3) is 0.278. The van der Waals surface area contributed by atoms with E-state index in [0.717, 1.165) is 83.3 Å². The number of hydrogen-bond donors (Lipinski definition) is 2. The van der Waals surface area contributed by atoms with Crippen molar-refractivity contribution in [2.45, 2.75) is 19.9 Å². The summed E-state index contributed by atoms with van der Waals surface area (Å²) < 4.78 is 19.3. The lowest BCUT2D eigenvalue weighted by Crippen LogP contribution is -2.36. The summed E-state index contributed by atoms with van der Waals surface area (Å²) in [6.07, 6.45) is 6.56. The van der Waals surface area contributed by atoms with Crippen molar-refractivity contribution in [3.63, 3.8) is 0 Å². The van der Waals surface area contributed by atoms with Gasteiger partial charge in [-0.25, -0.2) is 0 Å². The quantitative estimate of drug-likeness (QED) is 0.176. The number of nitrogens with one attached hydrogen (secondary N) is 2. The fourth-order valence-corrected chi connectivity index (χ4v) is 6.03. The van der Waals surface area contributed by atoms with Crippen molar-refractivity contribution < 1.29 is 19.0 Å². The maximum absolute atomic E-state index is 13.3. The molecule has 1 amide bonds. The van der Waals surface area contributed by atoms with Gasteiger partial charge < -0.3 is 34.3 Å². The normalized spacial score (nSPS) is 14.3. The minimum absolute atomic E-state index is 0.139. The molecule has 0 spiro atoms. The molecule has 2 aromatic heterocycles. The van der Waals surface area contributed by atoms with Crippen LogP contribution in [0.2, 0.25) is 0 Å². The highest BCUT2D eigenvalue weighted by atomic mass is 16.5. The lowest BCUT2D eigenvalue weighted by atomic mass is 10.0. The second-order valence-electron chi connectivity index (χ2n) is 11.2. The summed E-state index contributed by atoms with van der Waals surface area (Å²) >= 11 is 0. The first kappa shape index (κ1) is 28.9. The summed E-state index contributed by atoms with van der Waals surface area (Å²) in [5, 5.41) is 7.73. The fourth-order valence-electron chi connectivity index (χ4n) is 6.03. The Bertz CT molecular complexity index is 1810. The molecular formula is C36H37N5O4. The molecule has 0 unspecified atom stereocenters. The maximum Gasteiger partial charge on any atom is 0.257 e. The van der Waals surface area contributed by atoms with Crippen LogP contribution in [0.15, 0.2) is 85.3 Å². The predicted octanol–water partition coefficient (Wildman–Crippen LogP) is 6.51. The minimum atomic E-state index is -0.139. The van der Waals surface area contributed by atoms with Gasteiger partial charge in [0, 0.05) is 61.7 Å². The molecule has 0 radical (unpaired) electrons. The molecule has 2 aliphatic heterocycles. The highest BCUT2D eigenvalue weighted by Gasteiger charge is 2.21. The van der Waals surface area contributed by atoms with E-state index in [-0.39, 0.29) is 5.91 Å². The number of aromatic nitrogens is 2.